The summed E-state index contributed by atoms with van der Waals surface area (Å²) in [6.07, 6.45) is 1.28. The molecule has 4 heteroatoms. The molecule has 0 bridgehead atoms. The van der Waals surface area contributed by atoms with E-state index in [-0.39, 0.29) is 17.9 Å². The normalized spacial score (nSPS) is 9.00. The highest BCUT2D eigenvalue weighted by molar-refractivity contribution is 6.30. The molecule has 0 saturated heterocycles. The summed E-state index contributed by atoms with van der Waals surface area (Å²) in [5.74, 6) is -0.306. The van der Waals surface area contributed by atoms with Gasteiger partial charge in [-0.2, -0.15) is 5.26 Å². The molecule has 1 rings (SSSR count). The third-order valence-electron chi connectivity index (χ3n) is 1.25. The first kappa shape index (κ1) is 8.69. The number of aromatic nitrogens is 1. The average Bonchev–Trinajstić information content (AvgIpc) is 2.05. The van der Waals surface area contributed by atoms with Crippen LogP contribution < -0.4 is 0 Å². The molecule has 60 valence electrons. The molecule has 0 unspecified atom stereocenters. The van der Waals surface area contributed by atoms with Gasteiger partial charge in [-0.1, -0.05) is 11.6 Å². The maximum Gasteiger partial charge on any atom is 0.195 e. The van der Waals surface area contributed by atoms with E-state index in [1.165, 1.54) is 12.3 Å². The van der Waals surface area contributed by atoms with Gasteiger partial charge in [0.05, 0.1) is 6.07 Å². The van der Waals surface area contributed by atoms with Crippen LogP contribution in [0.25, 0.3) is 0 Å². The topological polar surface area (TPSA) is 53.8 Å². The van der Waals surface area contributed by atoms with E-state index in [0.29, 0.717) is 5.02 Å². The highest BCUT2D eigenvalue weighted by Gasteiger charge is 2.05. The van der Waals surface area contributed by atoms with Gasteiger partial charge in [-0.15, -0.1) is 0 Å². The Labute approximate surface area is 74.6 Å². The van der Waals surface area contributed by atoms with Crippen LogP contribution in [0.2, 0.25) is 5.02 Å². The number of nitrogens with zero attached hydrogens (tertiary/aromatic N) is 2. The van der Waals surface area contributed by atoms with Crippen molar-refractivity contribution in [3.8, 4) is 6.07 Å². The van der Waals surface area contributed by atoms with Crippen molar-refractivity contribution in [1.82, 2.24) is 4.98 Å². The summed E-state index contributed by atoms with van der Waals surface area (Å²) in [5, 5.41) is 8.69. The van der Waals surface area contributed by atoms with Crippen molar-refractivity contribution in [2.24, 2.45) is 0 Å². The van der Waals surface area contributed by atoms with E-state index in [1.54, 1.807) is 12.1 Å². The second-order valence-electron chi connectivity index (χ2n) is 2.12. The minimum Gasteiger partial charge on any atom is -0.291 e. The number of carbonyl (C=O) groups excluding carboxylic acids is 1. The fourth-order valence-corrected chi connectivity index (χ4v) is 0.879. The number of rotatable bonds is 2. The number of hydrogen-bond donors (Lipinski definition) is 0. The number of halogens is 1. The van der Waals surface area contributed by atoms with E-state index in [9.17, 15) is 4.79 Å². The van der Waals surface area contributed by atoms with E-state index >= 15 is 0 Å². The molecular weight excluding hydrogens is 176 g/mol. The predicted octanol–water partition coefficient (Wildman–Crippen LogP) is 1.83. The lowest BCUT2D eigenvalue weighted by Crippen LogP contribution is -1.99. The lowest BCUT2D eigenvalue weighted by molar-refractivity contribution is 0.0993. The van der Waals surface area contributed by atoms with Gasteiger partial charge in [0, 0.05) is 11.2 Å². The average molecular weight is 181 g/mol. The molecule has 0 atom stereocenters. The van der Waals surface area contributed by atoms with Gasteiger partial charge in [-0.3, -0.25) is 9.78 Å². The molecule has 0 amide bonds. The fraction of sp³-hybridized carbons (Fsp3) is 0.125. The van der Waals surface area contributed by atoms with Crippen LogP contribution >= 0.6 is 11.6 Å². The van der Waals surface area contributed by atoms with Crippen molar-refractivity contribution in [3.63, 3.8) is 0 Å². The summed E-state index contributed by atoms with van der Waals surface area (Å²) in [6.45, 7) is 0. The van der Waals surface area contributed by atoms with Gasteiger partial charge < -0.3 is 0 Å². The highest BCUT2D eigenvalue weighted by Crippen LogP contribution is 2.09. The SMILES string of the molecule is N#CCC(=O)c1cc(Cl)ccn1. The molecule has 0 saturated carbocycles. The first-order chi connectivity index (χ1) is 5.74. The summed E-state index contributed by atoms with van der Waals surface area (Å²) < 4.78 is 0. The monoisotopic (exact) mass is 180 g/mol. The smallest absolute Gasteiger partial charge is 0.195 e. The molecule has 3 nitrogen and oxygen atoms in total. The zero-order chi connectivity index (χ0) is 8.97. The van der Waals surface area contributed by atoms with Crippen molar-refractivity contribution in [3.05, 3.63) is 29.0 Å². The Morgan fingerprint density at radius 1 is 1.75 bits per heavy atom. The molecule has 0 radical (unpaired) electrons. The number of carbonyl (C=O) groups is 1. The van der Waals surface area contributed by atoms with Gasteiger partial charge in [0.1, 0.15) is 12.1 Å². The summed E-state index contributed by atoms with van der Waals surface area (Å²) in [6, 6.07) is 4.77. The Morgan fingerprint density at radius 3 is 3.08 bits per heavy atom. The number of Topliss-reactive ketones (excluding diaryl/α,β-unsaturated/α-hetero) is 1. The van der Waals surface area contributed by atoms with Crippen LogP contribution in [0.4, 0.5) is 0 Å². The molecule has 0 aliphatic heterocycles. The van der Waals surface area contributed by atoms with Gasteiger partial charge in [0.2, 0.25) is 0 Å². The summed E-state index contributed by atoms with van der Waals surface area (Å²) >= 11 is 5.61. The standard InChI is InChI=1S/C8H5ClN2O/c9-6-2-4-11-7(5-6)8(12)1-3-10/h2,4-5H,1H2. The van der Waals surface area contributed by atoms with Crippen LogP contribution in [0, 0.1) is 11.3 Å². The van der Waals surface area contributed by atoms with E-state index in [1.807, 2.05) is 0 Å². The van der Waals surface area contributed by atoms with Gasteiger partial charge >= 0.3 is 0 Å². The van der Waals surface area contributed by atoms with Crippen molar-refractivity contribution in [1.29, 1.82) is 5.26 Å². The molecule has 0 N–H and O–H groups in total. The second-order valence-corrected chi connectivity index (χ2v) is 2.55. The first-order valence-corrected chi connectivity index (χ1v) is 3.63. The van der Waals surface area contributed by atoms with E-state index in [4.69, 9.17) is 16.9 Å². The molecule has 1 aromatic heterocycles. The molecular formula is C8H5ClN2O. The van der Waals surface area contributed by atoms with Crippen LogP contribution in [0.3, 0.4) is 0 Å². The molecule has 0 fully saturated rings. The highest BCUT2D eigenvalue weighted by atomic mass is 35.5. The van der Waals surface area contributed by atoms with Gasteiger partial charge in [-0.25, -0.2) is 0 Å². The largest absolute Gasteiger partial charge is 0.291 e. The molecule has 1 heterocycles. The molecule has 1 aromatic rings. The van der Waals surface area contributed by atoms with E-state index in [0.717, 1.165) is 0 Å². The van der Waals surface area contributed by atoms with E-state index in [2.05, 4.69) is 4.98 Å². The Balaban J connectivity index is 2.90. The number of hydrogen-bond acceptors (Lipinski definition) is 3. The van der Waals surface area contributed by atoms with Crippen LogP contribution in [0.15, 0.2) is 18.3 Å². The van der Waals surface area contributed by atoms with Gasteiger partial charge in [-0.05, 0) is 12.1 Å². The van der Waals surface area contributed by atoms with Crippen LogP contribution in [-0.2, 0) is 0 Å². The summed E-state index contributed by atoms with van der Waals surface area (Å²) in [4.78, 5) is 14.8. The fourth-order valence-electron chi connectivity index (χ4n) is 0.720. The summed E-state index contributed by atoms with van der Waals surface area (Å²) in [7, 11) is 0. The molecule has 0 aliphatic rings. The maximum absolute atomic E-state index is 11.1. The summed E-state index contributed by atoms with van der Waals surface area (Å²) in [5.41, 5.74) is 0.240. The van der Waals surface area contributed by atoms with Crippen LogP contribution in [0.1, 0.15) is 16.9 Å². The van der Waals surface area contributed by atoms with Gasteiger partial charge in [0.25, 0.3) is 0 Å². The quantitative estimate of drug-likeness (QED) is 0.653. The lowest BCUT2D eigenvalue weighted by Gasteiger charge is -1.94. The maximum atomic E-state index is 11.1. The zero-order valence-corrected chi connectivity index (χ0v) is 6.88. The Bertz CT molecular complexity index is 343. The zero-order valence-electron chi connectivity index (χ0n) is 6.12. The number of nitriles is 1. The number of ketones is 1. The van der Waals surface area contributed by atoms with Crippen molar-refractivity contribution >= 4 is 17.4 Å². The Kier molecular flexibility index (Phi) is 2.78. The lowest BCUT2D eigenvalue weighted by atomic mass is 10.2. The minimum atomic E-state index is -0.306. The van der Waals surface area contributed by atoms with Crippen LogP contribution in [0.5, 0.6) is 0 Å². The Hall–Kier alpha value is -1.40. The number of pyridine rings is 1. The minimum absolute atomic E-state index is 0.159. The predicted molar refractivity (Wildman–Crippen MR) is 43.8 cm³/mol. The molecule has 0 aromatic carbocycles. The van der Waals surface area contributed by atoms with Crippen molar-refractivity contribution in [2.45, 2.75) is 6.42 Å². The third kappa shape index (κ3) is 2.04. The third-order valence-corrected chi connectivity index (χ3v) is 1.48. The molecule has 0 spiro atoms. The molecule has 12 heavy (non-hydrogen) atoms. The van der Waals surface area contributed by atoms with Gasteiger partial charge in [0.15, 0.2) is 5.78 Å². The molecule has 0 aliphatic carbocycles. The first-order valence-electron chi connectivity index (χ1n) is 3.25. The van der Waals surface area contributed by atoms with Crippen molar-refractivity contribution < 1.29 is 4.79 Å². The Morgan fingerprint density at radius 2 is 2.50 bits per heavy atom. The van der Waals surface area contributed by atoms with E-state index < -0.39 is 0 Å². The van der Waals surface area contributed by atoms with Crippen molar-refractivity contribution in [2.75, 3.05) is 0 Å². The second kappa shape index (κ2) is 3.84. The van der Waals surface area contributed by atoms with Crippen LogP contribution in [-0.4, -0.2) is 10.8 Å².